The van der Waals surface area contributed by atoms with Crippen LogP contribution in [0.4, 0.5) is 9.15 Å². The minimum Gasteiger partial charge on any atom is -0.333 e. The molecule has 3 rings (SSSR count). The molecule has 2 aromatic rings. The van der Waals surface area contributed by atoms with Crippen LogP contribution in [0.3, 0.4) is 0 Å². The molecule has 1 saturated heterocycles. The van der Waals surface area contributed by atoms with E-state index >= 15 is 0 Å². The van der Waals surface area contributed by atoms with Gasteiger partial charge in [0, 0.05) is 41.2 Å². The highest BCUT2D eigenvalue weighted by Gasteiger charge is 2.32. The number of piperazine rings is 1. The molecule has 0 aromatic carbocycles. The Morgan fingerprint density at radius 1 is 1.07 bits per heavy atom. The first-order valence-corrected chi connectivity index (χ1v) is 8.86. The third-order valence-electron chi connectivity index (χ3n) is 4.36. The quantitative estimate of drug-likeness (QED) is 0.547. The maximum atomic E-state index is 12.3. The van der Waals surface area contributed by atoms with E-state index in [0.29, 0.717) is 26.2 Å². The molecule has 0 aliphatic carbocycles. The van der Waals surface area contributed by atoms with Crippen molar-refractivity contribution in [3.8, 4) is 5.69 Å². The number of pyridine rings is 1. The van der Waals surface area contributed by atoms with Crippen molar-refractivity contribution in [2.45, 2.75) is 32.7 Å². The fourth-order valence-corrected chi connectivity index (χ4v) is 2.89. The number of halogens is 2. The van der Waals surface area contributed by atoms with Gasteiger partial charge >= 0.3 is 11.8 Å². The molecule has 0 N–H and O–H groups in total. The summed E-state index contributed by atoms with van der Waals surface area (Å²) in [6.45, 7) is 4.30. The van der Waals surface area contributed by atoms with Gasteiger partial charge in [0.15, 0.2) is 0 Å². The van der Waals surface area contributed by atoms with E-state index in [9.17, 15) is 9.59 Å². The van der Waals surface area contributed by atoms with Gasteiger partial charge in [-0.25, -0.2) is 4.68 Å². The van der Waals surface area contributed by atoms with Crippen LogP contribution in [0.2, 0.25) is 0 Å². The van der Waals surface area contributed by atoms with Gasteiger partial charge in [0.25, 0.3) is 0 Å². The molecule has 3 heterocycles. The molecule has 7 nitrogen and oxygen atoms in total. The monoisotopic (exact) mass is 379 g/mol. The standard InChI is InChI=1S/C18H23N5O2.F2/c1-2-3-4-9-21-11-12-22(18(25)17(21)24)14-15-6-7-16(13-19-15)23-10-5-8-20-23;1-2/h5-8,10,13H,2-4,9,11-12,14H2,1H3;. The topological polar surface area (TPSA) is 71.3 Å². The second-order valence-corrected chi connectivity index (χ2v) is 6.18. The summed E-state index contributed by atoms with van der Waals surface area (Å²) in [5, 5.41) is 4.15. The van der Waals surface area contributed by atoms with Gasteiger partial charge in [-0.2, -0.15) is 5.10 Å². The summed E-state index contributed by atoms with van der Waals surface area (Å²) in [6.07, 6.45) is 8.40. The molecular formula is C18H23F2N5O2. The second-order valence-electron chi connectivity index (χ2n) is 6.18. The molecule has 2 aromatic heterocycles. The Morgan fingerprint density at radius 2 is 1.81 bits per heavy atom. The molecule has 1 fully saturated rings. The molecule has 9 heteroatoms. The van der Waals surface area contributed by atoms with Gasteiger partial charge in [-0.15, -0.1) is 0 Å². The zero-order valence-electron chi connectivity index (χ0n) is 15.2. The van der Waals surface area contributed by atoms with Gasteiger partial charge in [0.2, 0.25) is 0 Å². The van der Waals surface area contributed by atoms with Crippen LogP contribution in [-0.2, 0) is 16.1 Å². The average Bonchev–Trinajstić information content (AvgIpc) is 3.24. The van der Waals surface area contributed by atoms with Crippen molar-refractivity contribution in [3.05, 3.63) is 42.5 Å². The molecule has 0 atom stereocenters. The van der Waals surface area contributed by atoms with Crippen molar-refractivity contribution in [2.75, 3.05) is 19.6 Å². The van der Waals surface area contributed by atoms with Crippen LogP contribution in [0.1, 0.15) is 31.9 Å². The Kier molecular flexibility index (Phi) is 7.84. The molecule has 0 saturated carbocycles. The number of nitrogens with zero attached hydrogens (tertiary/aromatic N) is 5. The van der Waals surface area contributed by atoms with Crippen molar-refractivity contribution < 1.29 is 18.7 Å². The van der Waals surface area contributed by atoms with Crippen LogP contribution < -0.4 is 0 Å². The lowest BCUT2D eigenvalue weighted by Crippen LogP contribution is -2.54. The van der Waals surface area contributed by atoms with Crippen LogP contribution in [0.5, 0.6) is 0 Å². The SMILES string of the molecule is CCCCCN1CCN(Cc2ccc(-n3cccn3)cn2)C(=O)C1=O.FF. The maximum Gasteiger partial charge on any atom is 0.312 e. The summed E-state index contributed by atoms with van der Waals surface area (Å²) < 4.78 is 17.7. The number of amides is 2. The number of rotatable bonds is 7. The van der Waals surface area contributed by atoms with Crippen molar-refractivity contribution in [2.24, 2.45) is 0 Å². The average molecular weight is 379 g/mol. The summed E-state index contributed by atoms with van der Waals surface area (Å²) in [7, 11) is 0. The second kappa shape index (κ2) is 10.3. The Balaban J connectivity index is 0.00000126. The Morgan fingerprint density at radius 3 is 2.44 bits per heavy atom. The van der Waals surface area contributed by atoms with Crippen LogP contribution in [0, 0.1) is 0 Å². The van der Waals surface area contributed by atoms with E-state index < -0.39 is 11.8 Å². The largest absolute Gasteiger partial charge is 0.333 e. The summed E-state index contributed by atoms with van der Waals surface area (Å²) in [5.41, 5.74) is 1.62. The Bertz CT molecular complexity index is 722. The van der Waals surface area contributed by atoms with Crippen molar-refractivity contribution in [3.63, 3.8) is 0 Å². The van der Waals surface area contributed by atoms with Gasteiger partial charge in [0.05, 0.1) is 24.1 Å². The summed E-state index contributed by atoms with van der Waals surface area (Å²) in [6, 6.07) is 5.61. The molecular weight excluding hydrogens is 356 g/mol. The molecule has 2 amide bonds. The van der Waals surface area contributed by atoms with E-state index in [1.807, 2.05) is 24.4 Å². The maximum absolute atomic E-state index is 12.3. The third-order valence-corrected chi connectivity index (χ3v) is 4.36. The van der Waals surface area contributed by atoms with Crippen molar-refractivity contribution >= 4 is 11.8 Å². The predicted octanol–water partition coefficient (Wildman–Crippen LogP) is 2.47. The zero-order chi connectivity index (χ0) is 19.6. The predicted molar refractivity (Wildman–Crippen MR) is 95.1 cm³/mol. The molecule has 0 unspecified atom stereocenters. The Labute approximate surface area is 156 Å². The minimum atomic E-state index is -0.430. The lowest BCUT2D eigenvalue weighted by atomic mass is 10.2. The van der Waals surface area contributed by atoms with E-state index in [1.54, 1.807) is 26.9 Å². The normalized spacial score (nSPS) is 14.2. The summed E-state index contributed by atoms with van der Waals surface area (Å²) in [5.74, 6) is -0.823. The van der Waals surface area contributed by atoms with Gasteiger partial charge in [-0.3, -0.25) is 14.6 Å². The van der Waals surface area contributed by atoms with Crippen molar-refractivity contribution in [1.29, 1.82) is 0 Å². The van der Waals surface area contributed by atoms with E-state index in [2.05, 4.69) is 17.0 Å². The van der Waals surface area contributed by atoms with E-state index in [0.717, 1.165) is 30.6 Å². The van der Waals surface area contributed by atoms with Gasteiger partial charge < -0.3 is 9.80 Å². The fourth-order valence-electron chi connectivity index (χ4n) is 2.89. The number of aromatic nitrogens is 3. The first kappa shape index (κ1) is 20.5. The summed E-state index contributed by atoms with van der Waals surface area (Å²) in [4.78, 5) is 32.2. The number of carbonyl (C=O) groups is 2. The van der Waals surface area contributed by atoms with Crippen LogP contribution in [-0.4, -0.2) is 56.0 Å². The number of carbonyl (C=O) groups excluding carboxylic acids is 2. The highest BCUT2D eigenvalue weighted by molar-refractivity contribution is 6.35. The molecule has 0 radical (unpaired) electrons. The molecule has 1 aliphatic heterocycles. The lowest BCUT2D eigenvalue weighted by Gasteiger charge is -2.33. The first-order valence-electron chi connectivity index (χ1n) is 8.86. The van der Waals surface area contributed by atoms with Crippen LogP contribution >= 0.6 is 0 Å². The lowest BCUT2D eigenvalue weighted by molar-refractivity contribution is -0.156. The van der Waals surface area contributed by atoms with E-state index in [-0.39, 0.29) is 0 Å². The summed E-state index contributed by atoms with van der Waals surface area (Å²) >= 11 is 0. The third kappa shape index (κ3) is 5.32. The Hall–Kier alpha value is -2.84. The van der Waals surface area contributed by atoms with Crippen LogP contribution in [0.25, 0.3) is 5.69 Å². The molecule has 27 heavy (non-hydrogen) atoms. The molecule has 0 bridgehead atoms. The number of hydrogen-bond donors (Lipinski definition) is 0. The highest BCUT2D eigenvalue weighted by Crippen LogP contribution is 2.12. The zero-order valence-corrected chi connectivity index (χ0v) is 15.2. The smallest absolute Gasteiger partial charge is 0.312 e. The fraction of sp³-hybridized carbons (Fsp3) is 0.444. The molecule has 1 aliphatic rings. The highest BCUT2D eigenvalue weighted by atomic mass is 20.0. The van der Waals surface area contributed by atoms with E-state index in [1.165, 1.54) is 0 Å². The van der Waals surface area contributed by atoms with Gasteiger partial charge in [-0.05, 0) is 24.6 Å². The number of hydrogen-bond acceptors (Lipinski definition) is 4. The van der Waals surface area contributed by atoms with Crippen molar-refractivity contribution in [1.82, 2.24) is 24.6 Å². The first-order chi connectivity index (χ1) is 13.2. The molecule has 0 spiro atoms. The number of unbranched alkanes of at least 4 members (excludes halogenated alkanes) is 2. The minimum absolute atomic E-state index is 0.354. The van der Waals surface area contributed by atoms with Gasteiger partial charge in [-0.1, -0.05) is 19.8 Å². The van der Waals surface area contributed by atoms with Crippen LogP contribution in [0.15, 0.2) is 36.8 Å². The van der Waals surface area contributed by atoms with E-state index in [4.69, 9.17) is 9.15 Å². The van der Waals surface area contributed by atoms with Gasteiger partial charge in [0.1, 0.15) is 0 Å². The molecule has 146 valence electrons.